The molecular formula is C10H18N4O2. The molecule has 16 heavy (non-hydrogen) atoms. The van der Waals surface area contributed by atoms with Crippen LogP contribution in [0.5, 0.6) is 0 Å². The summed E-state index contributed by atoms with van der Waals surface area (Å²) in [5.74, 6) is 1.03. The lowest BCUT2D eigenvalue weighted by Crippen LogP contribution is -2.21. The van der Waals surface area contributed by atoms with Crippen molar-refractivity contribution in [3.05, 3.63) is 11.6 Å². The van der Waals surface area contributed by atoms with Crippen molar-refractivity contribution < 1.29 is 9.90 Å². The van der Waals surface area contributed by atoms with E-state index in [0.29, 0.717) is 13.0 Å². The highest BCUT2D eigenvalue weighted by Crippen LogP contribution is 2.02. The fourth-order valence-electron chi connectivity index (χ4n) is 1.41. The number of aliphatic carboxylic acids is 1. The summed E-state index contributed by atoms with van der Waals surface area (Å²) in [6, 6.07) is 0. The molecule has 6 nitrogen and oxygen atoms in total. The summed E-state index contributed by atoms with van der Waals surface area (Å²) < 4.78 is 1.94. The molecule has 1 N–H and O–H groups in total. The van der Waals surface area contributed by atoms with Crippen LogP contribution < -0.4 is 0 Å². The quantitative estimate of drug-likeness (QED) is 0.761. The first-order valence-electron chi connectivity index (χ1n) is 5.26. The molecule has 6 heteroatoms. The molecule has 0 saturated heterocycles. The SMILES string of the molecule is Cc1nnc(CN(C)CCCC(=O)O)n1C. The van der Waals surface area contributed by atoms with Crippen LogP contribution in [0.1, 0.15) is 24.5 Å². The Balaban J connectivity index is 2.37. The van der Waals surface area contributed by atoms with E-state index < -0.39 is 5.97 Å². The Labute approximate surface area is 94.9 Å². The summed E-state index contributed by atoms with van der Waals surface area (Å²) in [6.45, 7) is 3.34. The van der Waals surface area contributed by atoms with Crippen molar-refractivity contribution >= 4 is 5.97 Å². The van der Waals surface area contributed by atoms with E-state index in [0.717, 1.165) is 18.2 Å². The highest BCUT2D eigenvalue weighted by Gasteiger charge is 2.08. The monoisotopic (exact) mass is 226 g/mol. The van der Waals surface area contributed by atoms with E-state index >= 15 is 0 Å². The summed E-state index contributed by atoms with van der Waals surface area (Å²) >= 11 is 0. The van der Waals surface area contributed by atoms with Gasteiger partial charge in [0, 0.05) is 13.5 Å². The number of aromatic nitrogens is 3. The molecule has 1 aromatic rings. The van der Waals surface area contributed by atoms with Crippen LogP contribution in [-0.4, -0.2) is 44.3 Å². The predicted molar refractivity (Wildman–Crippen MR) is 58.9 cm³/mol. The van der Waals surface area contributed by atoms with E-state index in [1.165, 1.54) is 0 Å². The van der Waals surface area contributed by atoms with Gasteiger partial charge in [-0.1, -0.05) is 0 Å². The maximum absolute atomic E-state index is 10.4. The van der Waals surface area contributed by atoms with Gasteiger partial charge in [0.15, 0.2) is 0 Å². The van der Waals surface area contributed by atoms with Crippen molar-refractivity contribution in [2.45, 2.75) is 26.3 Å². The van der Waals surface area contributed by atoms with Gasteiger partial charge in [0.05, 0.1) is 6.54 Å². The molecule has 0 amide bonds. The molecule has 0 bridgehead atoms. The summed E-state index contributed by atoms with van der Waals surface area (Å²) in [5, 5.41) is 16.5. The van der Waals surface area contributed by atoms with Gasteiger partial charge in [0.1, 0.15) is 11.6 Å². The van der Waals surface area contributed by atoms with Crippen LogP contribution in [0.15, 0.2) is 0 Å². The van der Waals surface area contributed by atoms with Crippen molar-refractivity contribution in [1.82, 2.24) is 19.7 Å². The average molecular weight is 226 g/mol. The molecule has 0 fully saturated rings. The first kappa shape index (κ1) is 12.6. The van der Waals surface area contributed by atoms with Crippen LogP contribution in [0.3, 0.4) is 0 Å². The number of rotatable bonds is 6. The number of carboxylic acids is 1. The third-order valence-electron chi connectivity index (χ3n) is 2.52. The van der Waals surface area contributed by atoms with Gasteiger partial charge in [0.2, 0.25) is 0 Å². The van der Waals surface area contributed by atoms with Gasteiger partial charge in [-0.3, -0.25) is 9.69 Å². The Hall–Kier alpha value is -1.43. The molecule has 90 valence electrons. The second-order valence-electron chi connectivity index (χ2n) is 3.96. The fourth-order valence-corrected chi connectivity index (χ4v) is 1.41. The smallest absolute Gasteiger partial charge is 0.303 e. The standard InChI is InChI=1S/C10H18N4O2/c1-8-11-12-9(14(8)3)7-13(2)6-4-5-10(15)16/h4-7H2,1-3H3,(H,15,16). The second-order valence-corrected chi connectivity index (χ2v) is 3.96. The van der Waals surface area contributed by atoms with Crippen LogP contribution in [0.25, 0.3) is 0 Å². The number of carboxylic acid groups (broad SMARTS) is 1. The predicted octanol–water partition coefficient (Wildman–Crippen LogP) is 0.420. The Bertz CT molecular complexity index is 362. The topological polar surface area (TPSA) is 71.2 Å². The van der Waals surface area contributed by atoms with E-state index in [1.807, 2.05) is 30.5 Å². The maximum atomic E-state index is 10.4. The molecule has 0 saturated carbocycles. The molecule has 0 spiro atoms. The second kappa shape index (κ2) is 5.60. The summed E-state index contributed by atoms with van der Waals surface area (Å²) in [7, 11) is 3.88. The molecule has 0 aliphatic heterocycles. The molecule has 0 radical (unpaired) electrons. The molecular weight excluding hydrogens is 208 g/mol. The minimum absolute atomic E-state index is 0.210. The number of nitrogens with zero attached hydrogens (tertiary/aromatic N) is 4. The Morgan fingerprint density at radius 3 is 2.69 bits per heavy atom. The van der Waals surface area contributed by atoms with E-state index in [9.17, 15) is 4.79 Å². The van der Waals surface area contributed by atoms with Gasteiger partial charge in [-0.25, -0.2) is 0 Å². The van der Waals surface area contributed by atoms with Gasteiger partial charge in [-0.15, -0.1) is 10.2 Å². The van der Waals surface area contributed by atoms with Crippen LogP contribution in [-0.2, 0) is 18.4 Å². The van der Waals surface area contributed by atoms with E-state index in [2.05, 4.69) is 10.2 Å². The minimum Gasteiger partial charge on any atom is -0.481 e. The Morgan fingerprint density at radius 1 is 1.50 bits per heavy atom. The van der Waals surface area contributed by atoms with E-state index in [-0.39, 0.29) is 6.42 Å². The van der Waals surface area contributed by atoms with Gasteiger partial charge in [-0.05, 0) is 26.9 Å². The first-order valence-corrected chi connectivity index (χ1v) is 5.26. The molecule has 0 aliphatic rings. The lowest BCUT2D eigenvalue weighted by Gasteiger charge is -2.15. The molecule has 0 atom stereocenters. The zero-order valence-electron chi connectivity index (χ0n) is 9.97. The van der Waals surface area contributed by atoms with Gasteiger partial charge in [0.25, 0.3) is 0 Å². The molecule has 1 heterocycles. The Morgan fingerprint density at radius 2 is 2.19 bits per heavy atom. The van der Waals surface area contributed by atoms with Crippen molar-refractivity contribution in [3.8, 4) is 0 Å². The summed E-state index contributed by atoms with van der Waals surface area (Å²) in [5.41, 5.74) is 0. The van der Waals surface area contributed by atoms with Crippen LogP contribution >= 0.6 is 0 Å². The van der Waals surface area contributed by atoms with Gasteiger partial charge < -0.3 is 9.67 Å². The molecule has 1 rings (SSSR count). The average Bonchev–Trinajstić information content (AvgIpc) is 2.49. The third kappa shape index (κ3) is 3.62. The zero-order valence-corrected chi connectivity index (χ0v) is 9.97. The van der Waals surface area contributed by atoms with Crippen molar-refractivity contribution in [1.29, 1.82) is 0 Å². The normalized spacial score (nSPS) is 11.0. The molecule has 0 aromatic carbocycles. The lowest BCUT2D eigenvalue weighted by atomic mass is 10.3. The van der Waals surface area contributed by atoms with Crippen molar-refractivity contribution in [2.24, 2.45) is 7.05 Å². The first-order chi connectivity index (χ1) is 7.50. The van der Waals surface area contributed by atoms with Crippen molar-refractivity contribution in [2.75, 3.05) is 13.6 Å². The summed E-state index contributed by atoms with van der Waals surface area (Å²) in [4.78, 5) is 12.4. The van der Waals surface area contributed by atoms with Crippen LogP contribution in [0, 0.1) is 6.92 Å². The number of hydrogen-bond donors (Lipinski definition) is 1. The molecule has 1 aromatic heterocycles. The molecule has 0 unspecified atom stereocenters. The minimum atomic E-state index is -0.747. The van der Waals surface area contributed by atoms with E-state index in [1.54, 1.807) is 0 Å². The van der Waals surface area contributed by atoms with E-state index in [4.69, 9.17) is 5.11 Å². The largest absolute Gasteiger partial charge is 0.481 e. The number of hydrogen-bond acceptors (Lipinski definition) is 4. The zero-order chi connectivity index (χ0) is 12.1. The Kier molecular flexibility index (Phi) is 4.42. The highest BCUT2D eigenvalue weighted by atomic mass is 16.4. The third-order valence-corrected chi connectivity index (χ3v) is 2.52. The van der Waals surface area contributed by atoms with Crippen LogP contribution in [0.4, 0.5) is 0 Å². The summed E-state index contributed by atoms with van der Waals surface area (Å²) in [6.07, 6.45) is 0.866. The highest BCUT2D eigenvalue weighted by molar-refractivity contribution is 5.66. The van der Waals surface area contributed by atoms with Crippen LogP contribution in [0.2, 0.25) is 0 Å². The van der Waals surface area contributed by atoms with Crippen molar-refractivity contribution in [3.63, 3.8) is 0 Å². The molecule has 0 aliphatic carbocycles. The van der Waals surface area contributed by atoms with Gasteiger partial charge >= 0.3 is 5.97 Å². The maximum Gasteiger partial charge on any atom is 0.303 e. The number of aryl methyl sites for hydroxylation is 1. The van der Waals surface area contributed by atoms with Gasteiger partial charge in [-0.2, -0.15) is 0 Å². The fraction of sp³-hybridized carbons (Fsp3) is 0.700. The number of carbonyl (C=O) groups is 1. The lowest BCUT2D eigenvalue weighted by molar-refractivity contribution is -0.137.